The molecular weight excluding hydrogens is 1450 g/mol. The van der Waals surface area contributed by atoms with Crippen LogP contribution in [0.4, 0.5) is 0 Å². The summed E-state index contributed by atoms with van der Waals surface area (Å²) in [4.78, 5) is 37.9. The Kier molecular flexibility index (Phi) is 24.6. The van der Waals surface area contributed by atoms with Crippen LogP contribution >= 0.6 is 0 Å². The van der Waals surface area contributed by atoms with Gasteiger partial charge in [0.15, 0.2) is 11.5 Å². The van der Waals surface area contributed by atoms with Crippen LogP contribution in [0.2, 0.25) is 0 Å². The van der Waals surface area contributed by atoms with Crippen LogP contribution in [0.15, 0.2) is 4.42 Å². The molecule has 0 aliphatic rings. The highest BCUT2D eigenvalue weighted by molar-refractivity contribution is 6.29. The van der Waals surface area contributed by atoms with Crippen molar-refractivity contribution < 1.29 is 4.42 Å². The van der Waals surface area contributed by atoms with E-state index in [1.807, 2.05) is 27.7 Å². The first-order valence-electron chi connectivity index (χ1n) is 42.9. The van der Waals surface area contributed by atoms with Gasteiger partial charge in [-0.1, -0.05) is 0 Å². The van der Waals surface area contributed by atoms with Crippen LogP contribution in [0.25, 0.3) is 109 Å². The Balaban J connectivity index is 0.000000142. The lowest BCUT2D eigenvalue weighted by Gasteiger charge is -2.23. The fourth-order valence-electron chi connectivity index (χ4n) is 19.7. The van der Waals surface area contributed by atoms with Crippen LogP contribution in [-0.4, -0.2) is 44.4 Å². The highest BCUT2D eigenvalue weighted by Gasteiger charge is 2.27. The molecule has 16 aromatic rings. The van der Waals surface area contributed by atoms with E-state index in [2.05, 4.69) is 304 Å². The average molecular weight is 1590 g/mol. The fraction of sp³-hybridized carbons (Fsp3) is 0.413. The van der Waals surface area contributed by atoms with Crippen molar-refractivity contribution in [3.8, 4) is 0 Å². The maximum absolute atomic E-state index is 5.60. The van der Waals surface area contributed by atoms with Crippen molar-refractivity contribution in [1.29, 1.82) is 0 Å². The SMILES string of the molecule is Cc1c(C)c(C)c2c(c1C)c(C)c(C)n2C.Cc1c(C)c(C)c2c(nc(C)c3c(C)c(C)c(C)c(C)c32)c1C.Cc1nc(C)c2c(C)c(C)c3c(C)c(C)c(C)c(C)c3c2n1.Cc1nc(C)c2c(n1)c1c(C)c(C)c(C)c(C)c1c1c(C)c(C)c(C)c(C)c21.Cc1nc2c(C)c(C)c(C)c(C)c2o1.Cc1nc2c(C)c(C)nc(C)c2c(C)c1C. The van der Waals surface area contributed by atoms with E-state index >= 15 is 0 Å². The molecule has 16 rings (SSSR count). The molecule has 0 unspecified atom stereocenters. The number of aryl methyl sites for hydroxylation is 29. The van der Waals surface area contributed by atoms with Crippen LogP contribution in [0.5, 0.6) is 0 Å². The second-order valence-electron chi connectivity index (χ2n) is 35.8. The predicted octanol–water partition coefficient (Wildman–Crippen LogP) is 29.3. The van der Waals surface area contributed by atoms with Gasteiger partial charge in [-0.25, -0.2) is 24.9 Å². The first-order chi connectivity index (χ1) is 55.3. The molecule has 10 nitrogen and oxygen atoms in total. The fourth-order valence-corrected chi connectivity index (χ4v) is 19.7. The van der Waals surface area contributed by atoms with E-state index in [9.17, 15) is 0 Å². The number of benzene rings is 9. The first kappa shape index (κ1) is 89.5. The Bertz CT molecular complexity index is 7000. The number of hydrogen-bond acceptors (Lipinski definition) is 9. The second kappa shape index (κ2) is 32.7. The molecule has 119 heavy (non-hydrogen) atoms. The molecule has 0 saturated carbocycles. The van der Waals surface area contributed by atoms with Crippen molar-refractivity contribution >= 4 is 109 Å². The standard InChI is InChI=1S/C26H30N2.C22H27N.C20H24N2.C15H21N.C14H18N2.C12H15NO/c1-11-12(2)17(7)23-21(15(11)5)22-16(6)13(3)14(4)18(8)24(22)26-25(23)19(9)27-20(10)28-26;1-10-11(2)15(6)20-19(14(10)5)18(9)23-22-17(8)13(4)12(3)16(7)21(20)22;1-9-10(2)12(4)19-17(11(9)3)13(5)14(6)18-15(7)21-16(8)22-20(18)19;1-8-9(2)11(4)15-14(10(8)3)12(5)13(6)16(15)7;1-7-8(2)13-12(6)15-11(5)9(3)14(13)16-10(7)4;1-6-7(2)9(4)12-11(8(6)3)13-10(5)14-12/h1-10H3;1-9H3;1-8H3;1-7H3;1-6H3;1-5H3. The summed E-state index contributed by atoms with van der Waals surface area (Å²) in [5, 5.41) is 17.4. The lowest BCUT2D eigenvalue weighted by atomic mass is 9.82. The van der Waals surface area contributed by atoms with Crippen LogP contribution < -0.4 is 0 Å². The molecule has 9 aromatic carbocycles. The summed E-state index contributed by atoms with van der Waals surface area (Å²) in [6.07, 6.45) is 0. The molecule has 0 fully saturated rings. The first-order valence-corrected chi connectivity index (χ1v) is 42.9. The number of aromatic nitrogens is 9. The smallest absolute Gasteiger partial charge is 0.192 e. The van der Waals surface area contributed by atoms with Gasteiger partial charge in [-0.2, -0.15) is 0 Å². The van der Waals surface area contributed by atoms with E-state index in [0.29, 0.717) is 0 Å². The predicted molar refractivity (Wildman–Crippen MR) is 516 cm³/mol. The van der Waals surface area contributed by atoms with Crippen molar-refractivity contribution in [2.45, 2.75) is 305 Å². The van der Waals surface area contributed by atoms with E-state index < -0.39 is 0 Å². The highest BCUT2D eigenvalue weighted by atomic mass is 16.3. The molecule has 0 amide bonds. The summed E-state index contributed by atoms with van der Waals surface area (Å²) in [7, 11) is 2.17. The van der Waals surface area contributed by atoms with Crippen LogP contribution in [0.1, 0.15) is 247 Å². The van der Waals surface area contributed by atoms with Crippen molar-refractivity contribution in [3.63, 3.8) is 0 Å². The quantitative estimate of drug-likeness (QED) is 0.137. The minimum Gasteiger partial charge on any atom is -0.441 e. The molecule has 0 bridgehead atoms. The summed E-state index contributed by atoms with van der Waals surface area (Å²) >= 11 is 0. The third-order valence-electron chi connectivity index (χ3n) is 30.1. The highest BCUT2D eigenvalue weighted by Crippen LogP contribution is 2.47. The number of fused-ring (bicyclic) bond motifs is 15. The minimum absolute atomic E-state index is 0.746. The largest absolute Gasteiger partial charge is 0.441 e. The second-order valence-corrected chi connectivity index (χ2v) is 35.8. The number of pyridine rings is 3. The zero-order valence-corrected chi connectivity index (χ0v) is 81.4. The van der Waals surface area contributed by atoms with Crippen molar-refractivity contribution in [2.75, 3.05) is 0 Å². The Morgan fingerprint density at radius 1 is 0.160 bits per heavy atom. The zero-order valence-electron chi connectivity index (χ0n) is 81.4. The van der Waals surface area contributed by atoms with Gasteiger partial charge in [-0.05, 0) is 514 Å². The minimum atomic E-state index is 0.746. The maximum Gasteiger partial charge on any atom is 0.192 e. The van der Waals surface area contributed by atoms with Gasteiger partial charge in [-0.15, -0.1) is 0 Å². The average Bonchev–Trinajstić information content (AvgIpc) is 1.13. The van der Waals surface area contributed by atoms with Crippen molar-refractivity contribution in [3.05, 3.63) is 247 Å². The van der Waals surface area contributed by atoms with Gasteiger partial charge in [0.1, 0.15) is 17.2 Å². The van der Waals surface area contributed by atoms with Gasteiger partial charge in [0.25, 0.3) is 0 Å². The molecule has 0 aliphatic heterocycles. The Labute approximate surface area is 711 Å². The van der Waals surface area contributed by atoms with Gasteiger partial charge in [0.05, 0.1) is 27.6 Å². The van der Waals surface area contributed by atoms with Gasteiger partial charge >= 0.3 is 0 Å². The Morgan fingerprint density at radius 2 is 0.429 bits per heavy atom. The molecule has 0 radical (unpaired) electrons. The summed E-state index contributed by atoms with van der Waals surface area (Å²) in [5.41, 5.74) is 62.2. The normalized spacial score (nSPS) is 11.6. The van der Waals surface area contributed by atoms with E-state index in [-0.39, 0.29) is 0 Å². The third-order valence-corrected chi connectivity index (χ3v) is 30.1. The topological polar surface area (TPSA) is 121 Å². The van der Waals surface area contributed by atoms with Crippen molar-refractivity contribution in [2.24, 2.45) is 7.05 Å². The summed E-state index contributed by atoms with van der Waals surface area (Å²) in [6, 6.07) is 0. The number of oxazole rings is 1. The summed E-state index contributed by atoms with van der Waals surface area (Å²) in [5.74, 6) is 2.44. The Morgan fingerprint density at radius 3 is 0.899 bits per heavy atom. The molecule has 0 aliphatic carbocycles. The van der Waals surface area contributed by atoms with Crippen molar-refractivity contribution in [1.82, 2.24) is 44.4 Å². The maximum atomic E-state index is 5.60. The van der Waals surface area contributed by atoms with Gasteiger partial charge in [0, 0.05) is 96.9 Å². The molecule has 0 atom stereocenters. The molecule has 622 valence electrons. The summed E-state index contributed by atoms with van der Waals surface area (Å²) in [6.45, 7) is 96.1. The van der Waals surface area contributed by atoms with Gasteiger partial charge < -0.3 is 8.98 Å². The lowest BCUT2D eigenvalue weighted by molar-refractivity contribution is 0.559. The van der Waals surface area contributed by atoms with E-state index in [1.165, 1.54) is 276 Å². The number of hydrogen-bond donors (Lipinski definition) is 0. The molecule has 7 aromatic heterocycles. The van der Waals surface area contributed by atoms with Gasteiger partial charge in [0.2, 0.25) is 0 Å². The lowest BCUT2D eigenvalue weighted by Crippen LogP contribution is -2.04. The van der Waals surface area contributed by atoms with Crippen LogP contribution in [-0.2, 0) is 7.05 Å². The van der Waals surface area contributed by atoms with E-state index in [1.54, 1.807) is 0 Å². The van der Waals surface area contributed by atoms with E-state index in [0.717, 1.165) is 79.4 Å². The van der Waals surface area contributed by atoms with Crippen LogP contribution in [0.3, 0.4) is 0 Å². The molecule has 7 heterocycles. The molecular formula is C109H135N9O. The zero-order chi connectivity index (χ0) is 88.9. The third kappa shape index (κ3) is 14.3. The number of rotatable bonds is 0. The number of nitrogens with zero attached hydrogens (tertiary/aromatic N) is 9. The van der Waals surface area contributed by atoms with E-state index in [4.69, 9.17) is 29.3 Å². The summed E-state index contributed by atoms with van der Waals surface area (Å²) < 4.78 is 7.94. The Hall–Kier alpha value is -10.3. The molecule has 10 heteroatoms. The van der Waals surface area contributed by atoms with Gasteiger partial charge in [-0.3, -0.25) is 15.0 Å². The van der Waals surface area contributed by atoms with Crippen LogP contribution in [0, 0.1) is 305 Å². The molecule has 0 N–H and O–H groups in total. The molecule has 0 spiro atoms. The monoisotopic (exact) mass is 1590 g/mol. The molecule has 0 saturated heterocycles.